The molecule has 140 valence electrons. The third kappa shape index (κ3) is 5.22. The van der Waals surface area contributed by atoms with Gasteiger partial charge >= 0.3 is 12.4 Å². The van der Waals surface area contributed by atoms with Crippen LogP contribution in [0.1, 0.15) is 27.0 Å². The van der Waals surface area contributed by atoms with Crippen LogP contribution in [0.25, 0.3) is 0 Å². The van der Waals surface area contributed by atoms with E-state index in [2.05, 4.69) is 0 Å². The van der Waals surface area contributed by atoms with Crippen LogP contribution in [-0.4, -0.2) is 12.4 Å². The zero-order chi connectivity index (χ0) is 19.5. The number of alkyl halides is 6. The molecule has 0 atom stereocenters. The Balaban J connectivity index is 2.14. The fourth-order valence-corrected chi connectivity index (χ4v) is 2.37. The molecule has 0 aliphatic carbocycles. The third-order valence-electron chi connectivity index (χ3n) is 3.32. The maximum absolute atomic E-state index is 12.8. The first kappa shape index (κ1) is 20.3. The Morgan fingerprint density at radius 2 is 1.46 bits per heavy atom. The fraction of sp³-hybridized carbons (Fsp3) is 0.235. The number of Topliss-reactive ketones (excluding diaryl/α,β-unsaturated/α-hetero) is 1. The zero-order valence-electron chi connectivity index (χ0n) is 12.9. The summed E-state index contributed by atoms with van der Waals surface area (Å²) in [6.07, 6.45) is -9.88. The number of ether oxygens (including phenoxy) is 1. The van der Waals surface area contributed by atoms with Gasteiger partial charge in [0.2, 0.25) is 0 Å². The molecule has 26 heavy (non-hydrogen) atoms. The summed E-state index contributed by atoms with van der Waals surface area (Å²) in [5, 5.41) is 0.166. The van der Waals surface area contributed by atoms with E-state index in [9.17, 15) is 31.1 Å². The zero-order valence-corrected chi connectivity index (χ0v) is 13.7. The van der Waals surface area contributed by atoms with Crippen LogP contribution in [0.2, 0.25) is 5.02 Å². The topological polar surface area (TPSA) is 26.3 Å². The number of halogens is 7. The predicted octanol–water partition coefficient (Wildman–Crippen LogP) is 5.78. The quantitative estimate of drug-likeness (QED) is 0.473. The summed E-state index contributed by atoms with van der Waals surface area (Å²) in [4.78, 5) is 11.9. The van der Waals surface area contributed by atoms with Crippen molar-refractivity contribution in [1.29, 1.82) is 0 Å². The van der Waals surface area contributed by atoms with Crippen LogP contribution < -0.4 is 0 Å². The Bertz CT molecular complexity index is 766. The normalized spacial score (nSPS) is 12.3. The van der Waals surface area contributed by atoms with Crippen molar-refractivity contribution in [2.45, 2.75) is 19.0 Å². The van der Waals surface area contributed by atoms with Crippen LogP contribution in [0.15, 0.2) is 42.5 Å². The maximum Gasteiger partial charge on any atom is 0.416 e. The van der Waals surface area contributed by atoms with E-state index in [1.807, 2.05) is 0 Å². The van der Waals surface area contributed by atoms with Crippen LogP contribution in [0.3, 0.4) is 0 Å². The summed E-state index contributed by atoms with van der Waals surface area (Å²) in [7, 11) is 0. The van der Waals surface area contributed by atoms with E-state index in [1.54, 1.807) is 12.1 Å². The summed E-state index contributed by atoms with van der Waals surface area (Å²) in [5.41, 5.74) is -3.08. The first-order chi connectivity index (χ1) is 12.0. The number of hydrogen-bond donors (Lipinski definition) is 0. The van der Waals surface area contributed by atoms with Crippen molar-refractivity contribution in [2.24, 2.45) is 0 Å². The highest BCUT2D eigenvalue weighted by molar-refractivity contribution is 6.34. The van der Waals surface area contributed by atoms with Gasteiger partial charge in [-0.2, -0.15) is 26.3 Å². The number of hydrogen-bond acceptors (Lipinski definition) is 2. The lowest BCUT2D eigenvalue weighted by atomic mass is 10.1. The molecule has 0 saturated carbocycles. The lowest BCUT2D eigenvalue weighted by Gasteiger charge is -2.14. The SMILES string of the molecule is O=C(COCc1cc(C(F)(F)F)cc(C(F)(F)F)c1)c1ccccc1Cl. The molecular weight excluding hydrogens is 386 g/mol. The minimum Gasteiger partial charge on any atom is -0.369 e. The second-order valence-corrected chi connectivity index (χ2v) is 5.72. The minimum atomic E-state index is -4.94. The van der Waals surface area contributed by atoms with Gasteiger partial charge in [-0.3, -0.25) is 4.79 Å². The largest absolute Gasteiger partial charge is 0.416 e. The van der Waals surface area contributed by atoms with Gasteiger partial charge in [-0.15, -0.1) is 0 Å². The lowest BCUT2D eigenvalue weighted by Crippen LogP contribution is -2.13. The van der Waals surface area contributed by atoms with Crippen LogP contribution in [0.4, 0.5) is 26.3 Å². The van der Waals surface area contributed by atoms with Gasteiger partial charge in [0.05, 0.1) is 22.8 Å². The molecule has 0 aliphatic heterocycles. The van der Waals surface area contributed by atoms with Crippen molar-refractivity contribution < 1.29 is 35.9 Å². The molecule has 0 aliphatic rings. The number of carbonyl (C=O) groups is 1. The van der Waals surface area contributed by atoms with Gasteiger partial charge in [-0.25, -0.2) is 0 Å². The standard InChI is InChI=1S/C17H11ClF6O2/c18-14-4-2-1-3-13(14)15(25)9-26-8-10-5-11(16(19,20)21)7-12(6-10)17(22,23)24/h1-7H,8-9H2. The lowest BCUT2D eigenvalue weighted by molar-refractivity contribution is -0.143. The summed E-state index contributed by atoms with van der Waals surface area (Å²) >= 11 is 5.83. The number of rotatable bonds is 5. The highest BCUT2D eigenvalue weighted by atomic mass is 35.5. The molecule has 2 aromatic rings. The van der Waals surface area contributed by atoms with Gasteiger partial charge < -0.3 is 4.74 Å². The Morgan fingerprint density at radius 1 is 0.923 bits per heavy atom. The third-order valence-corrected chi connectivity index (χ3v) is 3.65. The van der Waals surface area contributed by atoms with Crippen molar-refractivity contribution in [1.82, 2.24) is 0 Å². The van der Waals surface area contributed by atoms with E-state index in [4.69, 9.17) is 16.3 Å². The van der Waals surface area contributed by atoms with Gasteiger partial charge in [0.15, 0.2) is 5.78 Å². The summed E-state index contributed by atoms with van der Waals surface area (Å²) < 4.78 is 81.6. The first-order valence-electron chi connectivity index (χ1n) is 7.12. The maximum atomic E-state index is 12.8. The number of benzene rings is 2. The Morgan fingerprint density at radius 3 is 1.96 bits per heavy atom. The fourth-order valence-electron chi connectivity index (χ4n) is 2.13. The molecule has 0 bridgehead atoms. The van der Waals surface area contributed by atoms with E-state index in [-0.39, 0.29) is 22.2 Å². The number of ketones is 1. The Hall–Kier alpha value is -2.06. The van der Waals surface area contributed by atoms with Gasteiger partial charge in [0, 0.05) is 5.56 Å². The molecule has 0 N–H and O–H groups in total. The van der Waals surface area contributed by atoms with Crippen molar-refractivity contribution in [3.8, 4) is 0 Å². The molecule has 0 amide bonds. The molecule has 0 heterocycles. The molecule has 0 unspecified atom stereocenters. The second kappa shape index (κ2) is 7.67. The van der Waals surface area contributed by atoms with Crippen molar-refractivity contribution >= 4 is 17.4 Å². The molecule has 0 fully saturated rings. The Kier molecular flexibility index (Phi) is 5.98. The van der Waals surface area contributed by atoms with Gasteiger partial charge in [0.25, 0.3) is 0 Å². The highest BCUT2D eigenvalue weighted by Crippen LogP contribution is 2.36. The van der Waals surface area contributed by atoms with E-state index in [0.717, 1.165) is 0 Å². The van der Waals surface area contributed by atoms with Gasteiger partial charge in [-0.1, -0.05) is 23.7 Å². The van der Waals surface area contributed by atoms with E-state index < -0.39 is 42.5 Å². The number of carbonyl (C=O) groups excluding carboxylic acids is 1. The monoisotopic (exact) mass is 396 g/mol. The van der Waals surface area contributed by atoms with Gasteiger partial charge in [-0.05, 0) is 35.9 Å². The molecule has 9 heteroatoms. The van der Waals surface area contributed by atoms with E-state index in [0.29, 0.717) is 12.1 Å². The average Bonchev–Trinajstić information content (AvgIpc) is 2.53. The smallest absolute Gasteiger partial charge is 0.369 e. The van der Waals surface area contributed by atoms with E-state index >= 15 is 0 Å². The Labute approximate surface area is 149 Å². The average molecular weight is 397 g/mol. The molecule has 0 spiro atoms. The summed E-state index contributed by atoms with van der Waals surface area (Å²) in [6, 6.07) is 7.18. The minimum absolute atomic E-state index is 0.0262. The van der Waals surface area contributed by atoms with Crippen LogP contribution >= 0.6 is 11.6 Å². The van der Waals surface area contributed by atoms with Crippen LogP contribution in [-0.2, 0) is 23.7 Å². The summed E-state index contributed by atoms with van der Waals surface area (Å²) in [6.45, 7) is -1.13. The second-order valence-electron chi connectivity index (χ2n) is 5.31. The molecule has 2 rings (SSSR count). The van der Waals surface area contributed by atoms with Crippen molar-refractivity contribution in [3.05, 3.63) is 69.7 Å². The molecular formula is C17H11ClF6O2. The predicted molar refractivity (Wildman–Crippen MR) is 81.9 cm³/mol. The summed E-state index contributed by atoms with van der Waals surface area (Å²) in [5.74, 6) is -0.543. The molecule has 0 aromatic heterocycles. The van der Waals surface area contributed by atoms with Crippen molar-refractivity contribution in [3.63, 3.8) is 0 Å². The van der Waals surface area contributed by atoms with Crippen LogP contribution in [0.5, 0.6) is 0 Å². The van der Waals surface area contributed by atoms with Crippen LogP contribution in [0, 0.1) is 0 Å². The molecule has 2 nitrogen and oxygen atoms in total. The van der Waals surface area contributed by atoms with Gasteiger partial charge in [0.1, 0.15) is 6.61 Å². The molecule has 2 aromatic carbocycles. The van der Waals surface area contributed by atoms with E-state index in [1.165, 1.54) is 12.1 Å². The highest BCUT2D eigenvalue weighted by Gasteiger charge is 2.36. The van der Waals surface area contributed by atoms with Crippen molar-refractivity contribution in [2.75, 3.05) is 6.61 Å². The first-order valence-corrected chi connectivity index (χ1v) is 7.50. The molecule has 0 radical (unpaired) electrons. The molecule has 0 saturated heterocycles.